The molecule has 0 fully saturated rings. The molecule has 0 aliphatic carbocycles. The van der Waals surface area contributed by atoms with Gasteiger partial charge >= 0.3 is 12.3 Å². The molecule has 2 aromatic carbocycles. The second kappa shape index (κ2) is 9.02. The Labute approximate surface area is 189 Å². The first-order valence-electron chi connectivity index (χ1n) is 9.72. The Morgan fingerprint density at radius 2 is 1.70 bits per heavy atom. The zero-order valence-corrected chi connectivity index (χ0v) is 18.4. The Morgan fingerprint density at radius 1 is 1.00 bits per heavy atom. The van der Waals surface area contributed by atoms with E-state index >= 15 is 0 Å². The quantitative estimate of drug-likeness (QED) is 0.317. The van der Waals surface area contributed by atoms with Crippen molar-refractivity contribution in [2.45, 2.75) is 17.5 Å². The van der Waals surface area contributed by atoms with Crippen molar-refractivity contribution in [3.63, 3.8) is 0 Å². The predicted molar refractivity (Wildman–Crippen MR) is 120 cm³/mol. The van der Waals surface area contributed by atoms with Gasteiger partial charge in [-0.15, -0.1) is 0 Å². The van der Waals surface area contributed by atoms with Gasteiger partial charge in [0.2, 0.25) is 0 Å². The van der Waals surface area contributed by atoms with E-state index in [1.807, 2.05) is 0 Å². The monoisotopic (exact) mass is 472 g/mol. The third-order valence-corrected chi connectivity index (χ3v) is 6.01. The summed E-state index contributed by atoms with van der Waals surface area (Å²) in [6.07, 6.45) is 0. The summed E-state index contributed by atoms with van der Waals surface area (Å²) in [6.45, 7) is -2.96. The fraction of sp³-hybridized carbons (Fsp3) is 0.182. The van der Waals surface area contributed by atoms with Crippen LogP contribution >= 0.6 is 11.8 Å². The molecule has 0 spiro atoms. The Morgan fingerprint density at radius 3 is 2.39 bits per heavy atom. The molecule has 11 heteroatoms. The molecule has 4 aromatic rings. The van der Waals surface area contributed by atoms with Crippen molar-refractivity contribution < 1.29 is 13.5 Å². The Kier molecular flexibility index (Phi) is 6.14. The largest absolute Gasteiger partial charge is 0.435 e. The van der Waals surface area contributed by atoms with Gasteiger partial charge in [-0.1, -0.05) is 23.9 Å². The van der Waals surface area contributed by atoms with Crippen LogP contribution in [0, 0.1) is 0 Å². The highest BCUT2D eigenvalue weighted by Crippen LogP contribution is 2.25. The van der Waals surface area contributed by atoms with Gasteiger partial charge in [0, 0.05) is 31.6 Å². The maximum absolute atomic E-state index is 13.3. The molecular formula is C22H18F2N4O4S. The summed E-state index contributed by atoms with van der Waals surface area (Å²) < 4.78 is 33.1. The lowest BCUT2D eigenvalue weighted by atomic mass is 10.2. The molecule has 0 saturated heterocycles. The average molecular weight is 472 g/mol. The maximum Gasteiger partial charge on any atom is 0.387 e. The van der Waals surface area contributed by atoms with Crippen LogP contribution in [0.4, 0.5) is 8.78 Å². The van der Waals surface area contributed by atoms with Crippen molar-refractivity contribution in [1.82, 2.24) is 18.7 Å². The molecule has 0 atom stereocenters. The number of para-hydroxylation sites is 1. The van der Waals surface area contributed by atoms with E-state index < -0.39 is 17.9 Å². The number of thioether (sulfide) groups is 1. The number of ether oxygens (including phenoxy) is 1. The van der Waals surface area contributed by atoms with Crippen LogP contribution in [0.15, 0.2) is 74.1 Å². The number of alkyl halides is 2. The number of hydrogen-bond acceptors (Lipinski definition) is 6. The first-order valence-corrected chi connectivity index (χ1v) is 10.7. The molecule has 170 valence electrons. The lowest BCUT2D eigenvalue weighted by Crippen LogP contribution is -2.37. The van der Waals surface area contributed by atoms with Crippen LogP contribution < -0.4 is 21.5 Å². The fourth-order valence-electron chi connectivity index (χ4n) is 3.27. The number of benzene rings is 2. The number of aromatic nitrogens is 4. The molecular weight excluding hydrogens is 454 g/mol. The van der Waals surface area contributed by atoms with Gasteiger partial charge in [0.05, 0.1) is 16.6 Å². The van der Waals surface area contributed by atoms with E-state index in [0.29, 0.717) is 27.4 Å². The SMILES string of the molecule is Cn1c(CSc2nc3ccccc3c(=O)n2-c2ccc(OC(F)F)cc2)cc(=O)n(C)c1=O. The summed E-state index contributed by atoms with van der Waals surface area (Å²) in [4.78, 5) is 42.2. The molecule has 2 aromatic heterocycles. The predicted octanol–water partition coefficient (Wildman–Crippen LogP) is 2.68. The topological polar surface area (TPSA) is 88.1 Å². The highest BCUT2D eigenvalue weighted by atomic mass is 32.2. The van der Waals surface area contributed by atoms with Crippen LogP contribution in [-0.2, 0) is 19.8 Å². The van der Waals surface area contributed by atoms with Gasteiger partial charge in [-0.05, 0) is 36.4 Å². The Bertz CT molecular complexity index is 1510. The molecule has 0 aliphatic rings. The van der Waals surface area contributed by atoms with E-state index in [-0.39, 0.29) is 17.1 Å². The molecule has 0 aliphatic heterocycles. The van der Waals surface area contributed by atoms with Crippen molar-refractivity contribution in [1.29, 1.82) is 0 Å². The molecule has 4 rings (SSSR count). The summed E-state index contributed by atoms with van der Waals surface area (Å²) in [5, 5.41) is 0.699. The van der Waals surface area contributed by atoms with Crippen LogP contribution in [0.25, 0.3) is 16.6 Å². The van der Waals surface area contributed by atoms with Crippen LogP contribution in [0.1, 0.15) is 5.69 Å². The van der Waals surface area contributed by atoms with E-state index in [1.54, 1.807) is 31.3 Å². The van der Waals surface area contributed by atoms with Crippen molar-refractivity contribution in [3.05, 3.63) is 91.5 Å². The second-order valence-electron chi connectivity index (χ2n) is 7.09. The minimum Gasteiger partial charge on any atom is -0.435 e. The van der Waals surface area contributed by atoms with Gasteiger partial charge < -0.3 is 4.74 Å². The molecule has 0 radical (unpaired) electrons. The summed E-state index contributed by atoms with van der Waals surface area (Å²) in [7, 11) is 2.95. The summed E-state index contributed by atoms with van der Waals surface area (Å²) in [6, 6.07) is 13.8. The smallest absolute Gasteiger partial charge is 0.387 e. The summed E-state index contributed by atoms with van der Waals surface area (Å²) >= 11 is 1.17. The van der Waals surface area contributed by atoms with Crippen molar-refractivity contribution >= 4 is 22.7 Å². The Hall–Kier alpha value is -3.73. The third-order valence-electron chi connectivity index (χ3n) is 5.04. The molecule has 8 nitrogen and oxygen atoms in total. The average Bonchev–Trinajstić information content (AvgIpc) is 2.80. The molecule has 0 saturated carbocycles. The molecule has 0 N–H and O–H groups in total. The molecule has 0 unspecified atom stereocenters. The molecule has 2 heterocycles. The fourth-order valence-corrected chi connectivity index (χ4v) is 4.30. The van der Waals surface area contributed by atoms with Gasteiger partial charge in [-0.2, -0.15) is 8.78 Å². The van der Waals surface area contributed by atoms with Gasteiger partial charge in [-0.25, -0.2) is 9.78 Å². The van der Waals surface area contributed by atoms with E-state index in [2.05, 4.69) is 9.72 Å². The van der Waals surface area contributed by atoms with Crippen LogP contribution in [-0.4, -0.2) is 25.3 Å². The number of fused-ring (bicyclic) bond motifs is 1. The summed E-state index contributed by atoms with van der Waals surface area (Å²) in [5.41, 5.74) is 0.104. The molecule has 0 bridgehead atoms. The lowest BCUT2D eigenvalue weighted by molar-refractivity contribution is -0.0498. The normalized spacial score (nSPS) is 11.3. The zero-order chi connectivity index (χ0) is 23.7. The van der Waals surface area contributed by atoms with Gasteiger partial charge in [-0.3, -0.25) is 23.3 Å². The van der Waals surface area contributed by atoms with Crippen LogP contribution in [0.2, 0.25) is 0 Å². The van der Waals surface area contributed by atoms with Gasteiger partial charge in [0.25, 0.3) is 11.1 Å². The Balaban J connectivity index is 1.80. The van der Waals surface area contributed by atoms with Crippen LogP contribution in [0.3, 0.4) is 0 Å². The van der Waals surface area contributed by atoms with E-state index in [4.69, 9.17) is 0 Å². The highest BCUT2D eigenvalue weighted by Gasteiger charge is 2.15. The van der Waals surface area contributed by atoms with E-state index in [1.165, 1.54) is 58.3 Å². The van der Waals surface area contributed by atoms with E-state index in [9.17, 15) is 23.2 Å². The van der Waals surface area contributed by atoms with Crippen molar-refractivity contribution in [2.75, 3.05) is 0 Å². The number of halogens is 2. The third kappa shape index (κ3) is 4.44. The van der Waals surface area contributed by atoms with Crippen molar-refractivity contribution in [3.8, 4) is 11.4 Å². The standard InChI is InChI=1S/C22H18F2N4O4S/c1-26-14(11-18(29)27(2)22(26)31)12-33-21-25-17-6-4-3-5-16(17)19(30)28(21)13-7-9-15(10-8-13)32-20(23)24/h3-11,20H,12H2,1-2H3. The first-order chi connectivity index (χ1) is 15.8. The highest BCUT2D eigenvalue weighted by molar-refractivity contribution is 7.98. The number of nitrogens with zero attached hydrogens (tertiary/aromatic N) is 4. The lowest BCUT2D eigenvalue weighted by Gasteiger charge is -2.15. The molecule has 33 heavy (non-hydrogen) atoms. The summed E-state index contributed by atoms with van der Waals surface area (Å²) in [5.74, 6) is 0.152. The maximum atomic E-state index is 13.3. The van der Waals surface area contributed by atoms with Gasteiger partial charge in [0.15, 0.2) is 5.16 Å². The molecule has 0 amide bonds. The minimum atomic E-state index is -2.96. The minimum absolute atomic E-state index is 0.0418. The van der Waals surface area contributed by atoms with Gasteiger partial charge in [0.1, 0.15) is 5.75 Å². The van der Waals surface area contributed by atoms with Crippen LogP contribution in [0.5, 0.6) is 5.75 Å². The second-order valence-corrected chi connectivity index (χ2v) is 8.03. The number of rotatable bonds is 6. The number of hydrogen-bond donors (Lipinski definition) is 0. The zero-order valence-electron chi connectivity index (χ0n) is 17.6. The first kappa shape index (κ1) is 22.5. The van der Waals surface area contributed by atoms with Crippen molar-refractivity contribution in [2.24, 2.45) is 14.1 Å². The van der Waals surface area contributed by atoms with E-state index in [0.717, 1.165) is 4.57 Å².